The number of hydrogen-bond acceptors (Lipinski definition) is 3. The molecule has 0 spiro atoms. The molecule has 0 aliphatic heterocycles. The molecule has 0 amide bonds. The van der Waals surface area contributed by atoms with E-state index < -0.39 is 0 Å². The molecular weight excluding hydrogens is 361 g/mol. The zero-order valence-corrected chi connectivity index (χ0v) is 15.2. The van der Waals surface area contributed by atoms with Crippen molar-refractivity contribution < 1.29 is 9.13 Å². The Kier molecular flexibility index (Phi) is 6.49. The summed E-state index contributed by atoms with van der Waals surface area (Å²) in [4.78, 5) is 0. The molecular formula is C21H18FN3OS. The minimum atomic E-state index is -0.271. The molecule has 27 heavy (non-hydrogen) atoms. The summed E-state index contributed by atoms with van der Waals surface area (Å²) in [6.45, 7) is 0.182. The number of hydrazone groups is 1. The summed E-state index contributed by atoms with van der Waals surface area (Å²) in [5, 5.41) is 7.54. The molecule has 136 valence electrons. The Morgan fingerprint density at radius 2 is 1.67 bits per heavy atom. The fourth-order valence-corrected chi connectivity index (χ4v) is 2.44. The lowest BCUT2D eigenvalue weighted by Crippen LogP contribution is -2.23. The molecule has 3 aromatic rings. The Morgan fingerprint density at radius 1 is 0.963 bits per heavy atom. The molecule has 6 heteroatoms. The van der Waals surface area contributed by atoms with Gasteiger partial charge in [0, 0.05) is 11.3 Å². The van der Waals surface area contributed by atoms with Gasteiger partial charge >= 0.3 is 0 Å². The number of halogens is 1. The Hall–Kier alpha value is -3.25. The molecule has 2 N–H and O–H groups in total. The van der Waals surface area contributed by atoms with Gasteiger partial charge in [0.1, 0.15) is 18.2 Å². The van der Waals surface area contributed by atoms with Gasteiger partial charge in [-0.3, -0.25) is 5.43 Å². The van der Waals surface area contributed by atoms with E-state index in [1.54, 1.807) is 24.4 Å². The van der Waals surface area contributed by atoms with Crippen LogP contribution in [0.4, 0.5) is 10.1 Å². The van der Waals surface area contributed by atoms with Gasteiger partial charge in [-0.1, -0.05) is 36.4 Å². The van der Waals surface area contributed by atoms with Crippen molar-refractivity contribution in [3.63, 3.8) is 0 Å². The van der Waals surface area contributed by atoms with Crippen molar-refractivity contribution >= 4 is 29.2 Å². The van der Waals surface area contributed by atoms with E-state index in [4.69, 9.17) is 17.0 Å². The van der Waals surface area contributed by atoms with Crippen LogP contribution >= 0.6 is 12.2 Å². The predicted molar refractivity (Wildman–Crippen MR) is 111 cm³/mol. The van der Waals surface area contributed by atoms with E-state index in [1.165, 1.54) is 6.07 Å². The number of anilines is 1. The van der Waals surface area contributed by atoms with Crippen molar-refractivity contribution in [3.05, 3.63) is 95.8 Å². The quantitative estimate of drug-likeness (QED) is 0.369. The number of nitrogens with one attached hydrogen (secondary N) is 2. The molecule has 4 nitrogen and oxygen atoms in total. The molecule has 0 atom stereocenters. The van der Waals surface area contributed by atoms with Crippen molar-refractivity contribution in [1.82, 2.24) is 5.43 Å². The van der Waals surface area contributed by atoms with E-state index in [9.17, 15) is 4.39 Å². The minimum absolute atomic E-state index is 0.182. The Labute approximate surface area is 162 Å². The molecule has 0 saturated heterocycles. The lowest BCUT2D eigenvalue weighted by atomic mass is 10.2. The number of thiocarbonyl (C=S) groups is 1. The summed E-state index contributed by atoms with van der Waals surface area (Å²) < 4.78 is 19.2. The first kappa shape index (κ1) is 18.5. The normalized spacial score (nSPS) is 10.6. The smallest absolute Gasteiger partial charge is 0.191 e. The van der Waals surface area contributed by atoms with Gasteiger partial charge in [-0.15, -0.1) is 0 Å². The zero-order chi connectivity index (χ0) is 18.9. The molecule has 3 rings (SSSR count). The third-order valence-electron chi connectivity index (χ3n) is 3.64. The van der Waals surface area contributed by atoms with Crippen molar-refractivity contribution in [2.24, 2.45) is 5.10 Å². The fourth-order valence-electron chi connectivity index (χ4n) is 2.27. The maximum Gasteiger partial charge on any atom is 0.191 e. The highest BCUT2D eigenvalue weighted by molar-refractivity contribution is 7.80. The van der Waals surface area contributed by atoms with Crippen LogP contribution in [0.15, 0.2) is 84.0 Å². The lowest BCUT2D eigenvalue weighted by molar-refractivity contribution is 0.300. The van der Waals surface area contributed by atoms with E-state index in [0.29, 0.717) is 16.4 Å². The largest absolute Gasteiger partial charge is 0.489 e. The van der Waals surface area contributed by atoms with E-state index in [2.05, 4.69) is 15.8 Å². The number of nitrogens with zero attached hydrogens (tertiary/aromatic N) is 1. The van der Waals surface area contributed by atoms with Gasteiger partial charge in [-0.25, -0.2) is 4.39 Å². The molecule has 0 radical (unpaired) electrons. The first-order valence-electron chi connectivity index (χ1n) is 8.32. The predicted octanol–water partition coefficient (Wildman–Crippen LogP) is 4.73. The van der Waals surface area contributed by atoms with Gasteiger partial charge in [0.2, 0.25) is 0 Å². The summed E-state index contributed by atoms with van der Waals surface area (Å²) in [7, 11) is 0. The first-order chi connectivity index (χ1) is 13.2. The van der Waals surface area contributed by atoms with Crippen LogP contribution in [0.3, 0.4) is 0 Å². The standard InChI is InChI=1S/C21H18FN3OS/c22-20-9-5-4-6-17(20)15-26-19-12-10-16(11-13-19)14-23-25-21(27)24-18-7-2-1-3-8-18/h1-14H,15H2,(H2,24,25,27)/b23-14-. The van der Waals surface area contributed by atoms with E-state index in [-0.39, 0.29) is 12.4 Å². The van der Waals surface area contributed by atoms with Crippen LogP contribution in [0.5, 0.6) is 5.75 Å². The maximum atomic E-state index is 13.6. The molecule has 3 aromatic carbocycles. The highest BCUT2D eigenvalue weighted by Crippen LogP contribution is 2.15. The van der Waals surface area contributed by atoms with E-state index in [0.717, 1.165) is 11.3 Å². The van der Waals surface area contributed by atoms with Crippen LogP contribution in [0.25, 0.3) is 0 Å². The average Bonchev–Trinajstić information content (AvgIpc) is 2.69. The van der Waals surface area contributed by atoms with Crippen LogP contribution in [0.2, 0.25) is 0 Å². The van der Waals surface area contributed by atoms with Gasteiger partial charge in [-0.05, 0) is 60.2 Å². The Bertz CT molecular complexity index is 914. The monoisotopic (exact) mass is 379 g/mol. The highest BCUT2D eigenvalue weighted by atomic mass is 32.1. The van der Waals surface area contributed by atoms with Crippen LogP contribution in [0, 0.1) is 5.82 Å². The molecule has 0 aromatic heterocycles. The molecule has 0 bridgehead atoms. The Balaban J connectivity index is 1.48. The second-order valence-electron chi connectivity index (χ2n) is 5.64. The highest BCUT2D eigenvalue weighted by Gasteiger charge is 2.01. The number of benzene rings is 3. The van der Waals surface area contributed by atoms with E-state index >= 15 is 0 Å². The topological polar surface area (TPSA) is 45.6 Å². The van der Waals surface area contributed by atoms with Crippen molar-refractivity contribution in [2.45, 2.75) is 6.61 Å². The maximum absolute atomic E-state index is 13.6. The van der Waals surface area contributed by atoms with E-state index in [1.807, 2.05) is 54.6 Å². The summed E-state index contributed by atoms with van der Waals surface area (Å²) in [5.74, 6) is 0.386. The number of para-hydroxylation sites is 1. The minimum Gasteiger partial charge on any atom is -0.489 e. The van der Waals surface area contributed by atoms with Crippen LogP contribution < -0.4 is 15.5 Å². The van der Waals surface area contributed by atoms with Crippen molar-refractivity contribution in [2.75, 3.05) is 5.32 Å². The SMILES string of the molecule is Fc1ccccc1COc1ccc(/C=N\NC(=S)Nc2ccccc2)cc1. The second-order valence-corrected chi connectivity index (χ2v) is 6.05. The van der Waals surface area contributed by atoms with Gasteiger partial charge in [0.15, 0.2) is 5.11 Å². The van der Waals surface area contributed by atoms with Crippen LogP contribution in [-0.4, -0.2) is 11.3 Å². The summed E-state index contributed by atoms with van der Waals surface area (Å²) in [6, 6.07) is 23.5. The first-order valence-corrected chi connectivity index (χ1v) is 8.73. The molecule has 0 saturated carbocycles. The van der Waals surface area contributed by atoms with Gasteiger partial charge in [0.05, 0.1) is 6.21 Å². The number of hydrogen-bond donors (Lipinski definition) is 2. The van der Waals surface area contributed by atoms with Crippen molar-refractivity contribution in [1.29, 1.82) is 0 Å². The van der Waals surface area contributed by atoms with Crippen LogP contribution in [-0.2, 0) is 6.61 Å². The molecule has 0 unspecified atom stereocenters. The third kappa shape index (κ3) is 5.90. The zero-order valence-electron chi connectivity index (χ0n) is 14.4. The van der Waals surface area contributed by atoms with Gasteiger partial charge < -0.3 is 10.1 Å². The second kappa shape index (κ2) is 9.45. The molecule has 0 aliphatic carbocycles. The molecule has 0 aliphatic rings. The number of rotatable bonds is 6. The third-order valence-corrected chi connectivity index (χ3v) is 3.84. The number of ether oxygens (including phenoxy) is 1. The summed E-state index contributed by atoms with van der Waals surface area (Å²) in [5.41, 5.74) is 5.05. The molecule has 0 fully saturated rings. The Morgan fingerprint density at radius 3 is 2.41 bits per heavy atom. The van der Waals surface area contributed by atoms with Gasteiger partial charge in [0.25, 0.3) is 0 Å². The van der Waals surface area contributed by atoms with Crippen molar-refractivity contribution in [3.8, 4) is 5.75 Å². The van der Waals surface area contributed by atoms with Gasteiger partial charge in [-0.2, -0.15) is 5.10 Å². The fraction of sp³-hybridized carbons (Fsp3) is 0.0476. The van der Waals surface area contributed by atoms with Crippen LogP contribution in [0.1, 0.15) is 11.1 Å². The average molecular weight is 379 g/mol. The lowest BCUT2D eigenvalue weighted by Gasteiger charge is -2.07. The summed E-state index contributed by atoms with van der Waals surface area (Å²) >= 11 is 5.18. The molecule has 0 heterocycles. The summed E-state index contributed by atoms with van der Waals surface area (Å²) in [6.07, 6.45) is 1.65.